The number of amides is 1. The molecule has 0 radical (unpaired) electrons. The minimum atomic E-state index is -0.0102. The van der Waals surface area contributed by atoms with Gasteiger partial charge in [-0.15, -0.1) is 12.6 Å². The molecule has 1 aromatic rings. The fourth-order valence-corrected chi connectivity index (χ4v) is 1.34. The van der Waals surface area contributed by atoms with E-state index < -0.39 is 0 Å². The van der Waals surface area contributed by atoms with Crippen molar-refractivity contribution in [1.82, 2.24) is 5.32 Å². The van der Waals surface area contributed by atoms with Crippen LogP contribution in [-0.4, -0.2) is 12.5 Å². The normalized spacial score (nSPS) is 10.4. The van der Waals surface area contributed by atoms with E-state index in [1.54, 1.807) is 12.1 Å². The SMILES string of the molecule is CC(C)CCNC(=O)c1ccc(S)cc1. The smallest absolute Gasteiger partial charge is 0.251 e. The molecule has 1 N–H and O–H groups in total. The second-order valence-corrected chi connectivity index (χ2v) is 4.50. The number of nitrogens with one attached hydrogen (secondary N) is 1. The fourth-order valence-electron chi connectivity index (χ4n) is 1.19. The third-order valence-electron chi connectivity index (χ3n) is 2.14. The van der Waals surface area contributed by atoms with Crippen molar-refractivity contribution >= 4 is 18.5 Å². The summed E-state index contributed by atoms with van der Waals surface area (Å²) >= 11 is 4.17. The van der Waals surface area contributed by atoms with Crippen LogP contribution in [0.15, 0.2) is 29.2 Å². The van der Waals surface area contributed by atoms with Crippen molar-refractivity contribution in [3.8, 4) is 0 Å². The highest BCUT2D eigenvalue weighted by Crippen LogP contribution is 2.07. The van der Waals surface area contributed by atoms with Crippen LogP contribution >= 0.6 is 12.6 Å². The standard InChI is InChI=1S/C12H17NOS/c1-9(2)7-8-13-12(14)10-3-5-11(15)6-4-10/h3-6,9,15H,7-8H2,1-2H3,(H,13,14). The molecule has 0 aliphatic heterocycles. The Hall–Kier alpha value is -0.960. The number of thiol groups is 1. The lowest BCUT2D eigenvalue weighted by atomic mass is 10.1. The Morgan fingerprint density at radius 3 is 2.47 bits per heavy atom. The number of benzene rings is 1. The van der Waals surface area contributed by atoms with E-state index in [0.717, 1.165) is 17.9 Å². The van der Waals surface area contributed by atoms with Gasteiger partial charge in [-0.2, -0.15) is 0 Å². The van der Waals surface area contributed by atoms with Crippen LogP contribution in [0.25, 0.3) is 0 Å². The maximum Gasteiger partial charge on any atom is 0.251 e. The van der Waals surface area contributed by atoms with Crippen molar-refractivity contribution in [1.29, 1.82) is 0 Å². The van der Waals surface area contributed by atoms with Crippen molar-refractivity contribution in [3.05, 3.63) is 29.8 Å². The summed E-state index contributed by atoms with van der Waals surface area (Å²) in [5.74, 6) is 0.606. The molecule has 0 bridgehead atoms. The zero-order valence-electron chi connectivity index (χ0n) is 9.16. The van der Waals surface area contributed by atoms with E-state index in [2.05, 4.69) is 31.8 Å². The number of hydrogen-bond donors (Lipinski definition) is 2. The molecule has 0 atom stereocenters. The van der Waals surface area contributed by atoms with Crippen molar-refractivity contribution < 1.29 is 4.79 Å². The Balaban J connectivity index is 2.43. The summed E-state index contributed by atoms with van der Waals surface area (Å²) in [6.07, 6.45) is 1.01. The van der Waals surface area contributed by atoms with Gasteiger partial charge < -0.3 is 5.32 Å². The van der Waals surface area contributed by atoms with Crippen molar-refractivity contribution in [2.45, 2.75) is 25.2 Å². The van der Waals surface area contributed by atoms with Gasteiger partial charge in [-0.3, -0.25) is 4.79 Å². The van der Waals surface area contributed by atoms with E-state index in [0.29, 0.717) is 11.5 Å². The lowest BCUT2D eigenvalue weighted by molar-refractivity contribution is 0.0952. The topological polar surface area (TPSA) is 29.1 Å². The Bertz CT molecular complexity index is 319. The number of rotatable bonds is 4. The highest BCUT2D eigenvalue weighted by molar-refractivity contribution is 7.80. The first-order chi connectivity index (χ1) is 7.09. The molecule has 0 aliphatic carbocycles. The molecule has 0 spiro atoms. The van der Waals surface area contributed by atoms with Crippen LogP contribution in [0.5, 0.6) is 0 Å². The second kappa shape index (κ2) is 5.81. The van der Waals surface area contributed by atoms with Gasteiger partial charge in [-0.1, -0.05) is 13.8 Å². The molecule has 0 aliphatic rings. The molecule has 82 valence electrons. The molecule has 0 saturated heterocycles. The molecule has 1 amide bonds. The molecule has 0 saturated carbocycles. The molecule has 2 nitrogen and oxygen atoms in total. The molecule has 0 fully saturated rings. The van der Waals surface area contributed by atoms with Gasteiger partial charge in [0.15, 0.2) is 0 Å². The minimum Gasteiger partial charge on any atom is -0.352 e. The summed E-state index contributed by atoms with van der Waals surface area (Å²) in [5, 5.41) is 2.89. The lowest BCUT2D eigenvalue weighted by Gasteiger charge is -2.07. The Kier molecular flexibility index (Phi) is 4.69. The van der Waals surface area contributed by atoms with E-state index in [1.807, 2.05) is 12.1 Å². The first kappa shape index (κ1) is 12.1. The van der Waals surface area contributed by atoms with E-state index in [9.17, 15) is 4.79 Å². The van der Waals surface area contributed by atoms with Crippen molar-refractivity contribution in [2.24, 2.45) is 5.92 Å². The highest BCUT2D eigenvalue weighted by atomic mass is 32.1. The summed E-state index contributed by atoms with van der Waals surface area (Å²) in [7, 11) is 0. The molecular weight excluding hydrogens is 206 g/mol. The van der Waals surface area contributed by atoms with Crippen LogP contribution in [0, 0.1) is 5.92 Å². The van der Waals surface area contributed by atoms with Crippen LogP contribution in [0.1, 0.15) is 30.6 Å². The third-order valence-corrected chi connectivity index (χ3v) is 2.43. The van der Waals surface area contributed by atoms with Gasteiger partial charge in [0.2, 0.25) is 0 Å². The van der Waals surface area contributed by atoms with E-state index in [1.165, 1.54) is 0 Å². The highest BCUT2D eigenvalue weighted by Gasteiger charge is 2.04. The Morgan fingerprint density at radius 1 is 1.33 bits per heavy atom. The monoisotopic (exact) mass is 223 g/mol. The first-order valence-corrected chi connectivity index (χ1v) is 5.61. The van der Waals surface area contributed by atoms with E-state index in [-0.39, 0.29) is 5.91 Å². The van der Waals surface area contributed by atoms with Gasteiger partial charge >= 0.3 is 0 Å². The van der Waals surface area contributed by atoms with Gasteiger partial charge in [0.1, 0.15) is 0 Å². The fraction of sp³-hybridized carbons (Fsp3) is 0.417. The predicted molar refractivity (Wildman–Crippen MR) is 65.5 cm³/mol. The van der Waals surface area contributed by atoms with Gasteiger partial charge in [0, 0.05) is 17.0 Å². The summed E-state index contributed by atoms with van der Waals surface area (Å²) in [4.78, 5) is 12.5. The van der Waals surface area contributed by atoms with Gasteiger partial charge in [0.25, 0.3) is 5.91 Å². The average Bonchev–Trinajstić information content (AvgIpc) is 2.18. The molecule has 15 heavy (non-hydrogen) atoms. The van der Waals surface area contributed by atoms with Crippen LogP contribution in [0.3, 0.4) is 0 Å². The van der Waals surface area contributed by atoms with Crippen molar-refractivity contribution in [3.63, 3.8) is 0 Å². The van der Waals surface area contributed by atoms with Crippen LogP contribution in [-0.2, 0) is 0 Å². The predicted octanol–water partition coefficient (Wildman–Crippen LogP) is 2.75. The van der Waals surface area contributed by atoms with Gasteiger partial charge in [0.05, 0.1) is 0 Å². The first-order valence-electron chi connectivity index (χ1n) is 5.17. The van der Waals surface area contributed by atoms with E-state index in [4.69, 9.17) is 0 Å². The van der Waals surface area contributed by atoms with Gasteiger partial charge in [-0.25, -0.2) is 0 Å². The zero-order valence-corrected chi connectivity index (χ0v) is 10.1. The second-order valence-electron chi connectivity index (χ2n) is 3.99. The number of carbonyl (C=O) groups is 1. The Labute approximate surface area is 96.5 Å². The molecule has 0 aromatic heterocycles. The van der Waals surface area contributed by atoms with Crippen LogP contribution in [0.2, 0.25) is 0 Å². The lowest BCUT2D eigenvalue weighted by Crippen LogP contribution is -2.25. The van der Waals surface area contributed by atoms with Gasteiger partial charge in [-0.05, 0) is 36.6 Å². The maximum atomic E-state index is 11.6. The molecule has 0 unspecified atom stereocenters. The summed E-state index contributed by atoms with van der Waals surface area (Å²) < 4.78 is 0. The molecule has 3 heteroatoms. The number of hydrogen-bond acceptors (Lipinski definition) is 2. The Morgan fingerprint density at radius 2 is 1.93 bits per heavy atom. The van der Waals surface area contributed by atoms with Crippen molar-refractivity contribution in [2.75, 3.05) is 6.54 Å². The zero-order chi connectivity index (χ0) is 11.3. The van der Waals surface area contributed by atoms with E-state index >= 15 is 0 Å². The quantitative estimate of drug-likeness (QED) is 0.755. The molecule has 1 rings (SSSR count). The minimum absolute atomic E-state index is 0.0102. The largest absolute Gasteiger partial charge is 0.352 e. The average molecular weight is 223 g/mol. The summed E-state index contributed by atoms with van der Waals surface area (Å²) in [6.45, 7) is 5.02. The van der Waals surface area contributed by atoms with Crippen LogP contribution < -0.4 is 5.32 Å². The summed E-state index contributed by atoms with van der Waals surface area (Å²) in [5.41, 5.74) is 0.691. The molecule has 0 heterocycles. The molecular formula is C12H17NOS. The number of carbonyl (C=O) groups excluding carboxylic acids is 1. The third kappa shape index (κ3) is 4.38. The maximum absolute atomic E-state index is 11.6. The van der Waals surface area contributed by atoms with Crippen LogP contribution in [0.4, 0.5) is 0 Å². The summed E-state index contributed by atoms with van der Waals surface area (Å²) in [6, 6.07) is 7.21. The molecule has 1 aromatic carbocycles.